The van der Waals surface area contributed by atoms with E-state index in [4.69, 9.17) is 14.5 Å². The first kappa shape index (κ1) is 44.4. The zero-order valence-corrected chi connectivity index (χ0v) is 37.0. The molecule has 0 bridgehead atoms. The van der Waals surface area contributed by atoms with Crippen LogP contribution in [0, 0.1) is 5.92 Å². The molecule has 14 nitrogen and oxygen atoms in total. The summed E-state index contributed by atoms with van der Waals surface area (Å²) in [6, 6.07) is 31.4. The highest BCUT2D eigenvalue weighted by atomic mass is 16.6. The van der Waals surface area contributed by atoms with E-state index in [0.29, 0.717) is 42.6 Å². The first-order valence-corrected chi connectivity index (χ1v) is 22.4. The number of aromatic nitrogens is 3. The lowest BCUT2D eigenvalue weighted by molar-refractivity contribution is -0.138. The van der Waals surface area contributed by atoms with Crippen molar-refractivity contribution in [2.24, 2.45) is 5.92 Å². The molecule has 0 spiro atoms. The van der Waals surface area contributed by atoms with Crippen molar-refractivity contribution in [2.75, 3.05) is 11.9 Å². The fourth-order valence-electron chi connectivity index (χ4n) is 9.02. The number of carbonyl (C=O) groups excluding carboxylic acids is 5. The number of ketones is 1. The molecule has 1 aliphatic heterocycles. The number of imidazole rings is 1. The Morgan fingerprint density at radius 3 is 2.00 bits per heavy atom. The summed E-state index contributed by atoms with van der Waals surface area (Å²) in [6.45, 7) is 7.40. The lowest BCUT2D eigenvalue weighted by Crippen LogP contribution is -2.48. The monoisotopic (exact) mass is 877 g/mol. The molecule has 1 aliphatic carbocycles. The molecule has 1 saturated carbocycles. The van der Waals surface area contributed by atoms with Gasteiger partial charge in [0.2, 0.25) is 5.91 Å². The van der Waals surface area contributed by atoms with E-state index in [0.717, 1.165) is 52.1 Å². The van der Waals surface area contributed by atoms with Gasteiger partial charge in [-0.1, -0.05) is 85.3 Å². The number of alkyl carbamates (subject to hydrolysis) is 2. The summed E-state index contributed by atoms with van der Waals surface area (Å²) in [5.74, 6) is -0.446. The van der Waals surface area contributed by atoms with E-state index >= 15 is 0 Å². The Kier molecular flexibility index (Phi) is 13.4. The molecular formula is C51H55N7O7. The van der Waals surface area contributed by atoms with Crippen LogP contribution >= 0.6 is 0 Å². The normalized spacial score (nSPS) is 18.1. The number of aromatic amines is 2. The Hall–Kier alpha value is -7.22. The number of nitrogens with zero attached hydrogens (tertiary/aromatic N) is 2. The molecule has 5 N–H and O–H groups in total. The second kappa shape index (κ2) is 19.7. The first-order chi connectivity index (χ1) is 31.4. The summed E-state index contributed by atoms with van der Waals surface area (Å²) in [5, 5.41) is 9.53. The van der Waals surface area contributed by atoms with E-state index in [-0.39, 0.29) is 41.6 Å². The second-order valence-electron chi connectivity index (χ2n) is 17.3. The number of likely N-dealkylation sites (tertiary alicyclic amines) is 1. The lowest BCUT2D eigenvalue weighted by Gasteiger charge is -2.29. The van der Waals surface area contributed by atoms with Gasteiger partial charge in [-0.3, -0.25) is 14.4 Å². The van der Waals surface area contributed by atoms with Gasteiger partial charge >= 0.3 is 12.2 Å². The van der Waals surface area contributed by atoms with Crippen molar-refractivity contribution in [2.45, 2.75) is 96.1 Å². The van der Waals surface area contributed by atoms with Gasteiger partial charge in [0.15, 0.2) is 5.78 Å². The third-order valence-electron chi connectivity index (χ3n) is 12.1. The van der Waals surface area contributed by atoms with Crippen molar-refractivity contribution in [3.8, 4) is 22.5 Å². The summed E-state index contributed by atoms with van der Waals surface area (Å²) in [7, 11) is 0. The fraction of sp³-hybridized carbons (Fsp3) is 0.333. The maximum Gasteiger partial charge on any atom is 0.408 e. The number of rotatable bonds is 14. The number of H-pyrrole nitrogens is 2. The third-order valence-corrected chi connectivity index (χ3v) is 12.1. The highest BCUT2D eigenvalue weighted by molar-refractivity contribution is 5.99. The van der Waals surface area contributed by atoms with E-state index in [1.165, 1.54) is 0 Å². The number of carbonyl (C=O) groups is 5. The molecule has 6 aromatic rings. The number of ether oxygens (including phenoxy) is 2. The van der Waals surface area contributed by atoms with Crippen LogP contribution in [0.2, 0.25) is 0 Å². The maximum atomic E-state index is 14.2. The lowest BCUT2D eigenvalue weighted by atomic mass is 9.85. The fourth-order valence-corrected chi connectivity index (χ4v) is 9.02. The van der Waals surface area contributed by atoms with Gasteiger partial charge in [0, 0.05) is 52.4 Å². The minimum absolute atomic E-state index is 0.0601. The minimum atomic E-state index is -1.01. The van der Waals surface area contributed by atoms with Crippen LogP contribution < -0.4 is 16.0 Å². The number of hydrogen-bond donors (Lipinski definition) is 5. The molecule has 3 heterocycles. The topological polar surface area (TPSA) is 188 Å². The number of fused-ring (bicyclic) bond motifs is 1. The number of benzene rings is 4. The van der Waals surface area contributed by atoms with Crippen LogP contribution in [0.5, 0.6) is 0 Å². The number of anilines is 1. The molecule has 2 aromatic heterocycles. The molecule has 65 heavy (non-hydrogen) atoms. The Morgan fingerprint density at radius 1 is 0.708 bits per heavy atom. The molecule has 14 heteroatoms. The molecule has 4 aromatic carbocycles. The van der Waals surface area contributed by atoms with Gasteiger partial charge in [-0.15, -0.1) is 0 Å². The van der Waals surface area contributed by atoms with Gasteiger partial charge in [-0.2, -0.15) is 0 Å². The number of Topliss-reactive ketones (excluding diaryl/α,β-unsaturated/α-hetero) is 1. The van der Waals surface area contributed by atoms with Gasteiger partial charge in [-0.05, 0) is 100 Å². The van der Waals surface area contributed by atoms with Crippen molar-refractivity contribution in [1.82, 2.24) is 30.5 Å². The zero-order valence-electron chi connectivity index (χ0n) is 37.0. The summed E-state index contributed by atoms with van der Waals surface area (Å²) in [6.07, 6.45) is 3.38. The van der Waals surface area contributed by atoms with Gasteiger partial charge in [0.05, 0.1) is 17.9 Å². The molecule has 0 radical (unpaired) electrons. The molecule has 1 saturated heterocycles. The van der Waals surface area contributed by atoms with Crippen molar-refractivity contribution in [3.63, 3.8) is 0 Å². The van der Waals surface area contributed by atoms with Crippen LogP contribution in [0.3, 0.4) is 0 Å². The Labute approximate surface area is 377 Å². The Balaban J connectivity index is 0.927. The van der Waals surface area contributed by atoms with Crippen LogP contribution in [-0.2, 0) is 23.9 Å². The molecule has 8 rings (SSSR count). The number of amides is 4. The van der Waals surface area contributed by atoms with Crippen LogP contribution in [-0.4, -0.2) is 74.4 Å². The predicted octanol–water partition coefficient (Wildman–Crippen LogP) is 9.36. The van der Waals surface area contributed by atoms with Crippen molar-refractivity contribution in [1.29, 1.82) is 0 Å². The molecule has 336 valence electrons. The SMILES string of the molecule is CC(C)OC(=O)N[C@@H](C(=O)C1CCC[C@H]1c1nc(-c2ccc3[nH]c(-c4ccc(NC(=O)[C@@H]5CCCN5C(=O)[C@H](NC(=O)OC(C)C)c5ccccc5)cc4)cc3c2)c[nH]1)c1ccccc1. The minimum Gasteiger partial charge on any atom is -0.447 e. The van der Waals surface area contributed by atoms with Gasteiger partial charge < -0.3 is 40.3 Å². The predicted molar refractivity (Wildman–Crippen MR) is 248 cm³/mol. The third kappa shape index (κ3) is 10.3. The molecular weight excluding hydrogens is 823 g/mol. The van der Waals surface area contributed by atoms with Crippen LogP contribution in [0.15, 0.2) is 115 Å². The smallest absolute Gasteiger partial charge is 0.408 e. The van der Waals surface area contributed by atoms with Gasteiger partial charge in [0.25, 0.3) is 5.91 Å². The standard InChI is InChI=1S/C51H55N7O7/c1-30(2)64-50(62)56-44(33-13-7-5-8-14-33)46(59)38-17-11-18-39(38)47-52-29-42(55-47)35-22-25-40-36(27-35)28-41(54-40)32-20-23-37(24-21-32)53-48(60)43-19-12-26-58(43)49(61)45(34-15-9-6-10-16-34)57-51(63)65-31(3)4/h5-10,13-16,20-25,27-31,38-39,43-45,54H,11-12,17-19,26H2,1-4H3,(H,52,55)(H,53,60)(H,56,62)(H,57,63)/t38?,39-,43+,44-,45-/m1/s1. The van der Waals surface area contributed by atoms with Crippen LogP contribution in [0.4, 0.5) is 15.3 Å². The van der Waals surface area contributed by atoms with Gasteiger partial charge in [-0.25, -0.2) is 14.6 Å². The molecule has 5 atom stereocenters. The van der Waals surface area contributed by atoms with E-state index in [9.17, 15) is 24.0 Å². The van der Waals surface area contributed by atoms with E-state index in [2.05, 4.69) is 38.1 Å². The highest BCUT2D eigenvalue weighted by Crippen LogP contribution is 2.42. The van der Waals surface area contributed by atoms with Gasteiger partial charge in [0.1, 0.15) is 23.9 Å². The molecule has 2 aliphatic rings. The Bertz CT molecular complexity index is 2640. The summed E-state index contributed by atoms with van der Waals surface area (Å²) >= 11 is 0. The molecule has 4 amide bonds. The Morgan fingerprint density at radius 2 is 1.34 bits per heavy atom. The average molecular weight is 878 g/mol. The average Bonchev–Trinajstić information content (AvgIpc) is 4.14. The van der Waals surface area contributed by atoms with Crippen LogP contribution in [0.25, 0.3) is 33.4 Å². The number of nitrogens with one attached hydrogen (secondary N) is 5. The van der Waals surface area contributed by atoms with E-state index in [1.807, 2.05) is 79.0 Å². The first-order valence-electron chi connectivity index (χ1n) is 22.4. The maximum absolute atomic E-state index is 14.2. The summed E-state index contributed by atoms with van der Waals surface area (Å²) in [5.41, 5.74) is 6.35. The van der Waals surface area contributed by atoms with Crippen LogP contribution in [0.1, 0.15) is 94.8 Å². The summed E-state index contributed by atoms with van der Waals surface area (Å²) in [4.78, 5) is 80.6. The molecule has 2 fully saturated rings. The quantitative estimate of drug-likeness (QED) is 0.0716. The zero-order chi connectivity index (χ0) is 45.6. The van der Waals surface area contributed by atoms with E-state index < -0.39 is 30.3 Å². The molecule has 1 unspecified atom stereocenters. The second-order valence-corrected chi connectivity index (χ2v) is 17.3. The van der Waals surface area contributed by atoms with Crippen molar-refractivity contribution < 1.29 is 33.4 Å². The number of hydrogen-bond acceptors (Lipinski definition) is 8. The van der Waals surface area contributed by atoms with E-state index in [1.54, 1.807) is 56.9 Å². The highest BCUT2D eigenvalue weighted by Gasteiger charge is 2.41. The summed E-state index contributed by atoms with van der Waals surface area (Å²) < 4.78 is 10.6. The van der Waals surface area contributed by atoms with Crippen molar-refractivity contribution in [3.05, 3.63) is 132 Å². The van der Waals surface area contributed by atoms with Crippen molar-refractivity contribution >= 4 is 46.4 Å². The largest absolute Gasteiger partial charge is 0.447 e.